The van der Waals surface area contributed by atoms with Gasteiger partial charge in [0.25, 0.3) is 0 Å². The highest BCUT2D eigenvalue weighted by Gasteiger charge is 2.31. The lowest BCUT2D eigenvalue weighted by atomic mass is 10.2. The number of hydrogen-bond acceptors (Lipinski definition) is 2. The molecule has 1 saturated heterocycles. The zero-order valence-electron chi connectivity index (χ0n) is 8.19. The van der Waals surface area contributed by atoms with Crippen LogP contribution in [-0.4, -0.2) is 23.7 Å². The Balaban J connectivity index is 2.30. The summed E-state index contributed by atoms with van der Waals surface area (Å²) in [6.45, 7) is 0.819. The Bertz CT molecular complexity index is 381. The highest BCUT2D eigenvalue weighted by atomic mass is 79.9. The van der Waals surface area contributed by atoms with Gasteiger partial charge in [-0.15, -0.1) is 0 Å². The lowest BCUT2D eigenvalue weighted by Crippen LogP contribution is -2.36. The standard InChI is InChI=1S/C11H12BrNO2/c12-8-4-1-2-5-9(8)13-7-3-6-10(13)11(14)15/h1-2,4-5,10H,3,6-7H2,(H,14,15). The van der Waals surface area contributed by atoms with E-state index in [1.54, 1.807) is 0 Å². The second kappa shape index (κ2) is 4.23. The van der Waals surface area contributed by atoms with Gasteiger partial charge >= 0.3 is 5.97 Å². The SMILES string of the molecule is O=C(O)C1CCCN1c1ccccc1Br. The molecule has 0 aliphatic carbocycles. The average Bonchev–Trinajstić information content (AvgIpc) is 2.67. The van der Waals surface area contributed by atoms with Crippen molar-refractivity contribution in [3.05, 3.63) is 28.7 Å². The maximum absolute atomic E-state index is 11.0. The summed E-state index contributed by atoms with van der Waals surface area (Å²) in [5.74, 6) is -0.733. The molecule has 4 heteroatoms. The first-order valence-electron chi connectivity index (χ1n) is 4.94. The molecule has 0 amide bonds. The van der Waals surface area contributed by atoms with Crippen LogP contribution >= 0.6 is 15.9 Å². The maximum atomic E-state index is 11.0. The lowest BCUT2D eigenvalue weighted by molar-refractivity contribution is -0.138. The monoisotopic (exact) mass is 269 g/mol. The van der Waals surface area contributed by atoms with E-state index in [1.165, 1.54) is 0 Å². The van der Waals surface area contributed by atoms with Crippen LogP contribution in [0.1, 0.15) is 12.8 Å². The van der Waals surface area contributed by atoms with Crippen LogP contribution in [0.25, 0.3) is 0 Å². The number of halogens is 1. The first kappa shape index (κ1) is 10.5. The zero-order valence-corrected chi connectivity index (χ0v) is 9.77. The third kappa shape index (κ3) is 2.00. The summed E-state index contributed by atoms with van der Waals surface area (Å²) in [7, 11) is 0. The van der Waals surface area contributed by atoms with Gasteiger partial charge in [-0.2, -0.15) is 0 Å². The summed E-state index contributed by atoms with van der Waals surface area (Å²) in [5.41, 5.74) is 0.974. The summed E-state index contributed by atoms with van der Waals surface area (Å²) < 4.78 is 0.957. The third-order valence-electron chi connectivity index (χ3n) is 2.70. The molecule has 0 bridgehead atoms. The Morgan fingerprint density at radius 2 is 2.20 bits per heavy atom. The van der Waals surface area contributed by atoms with Crippen LogP contribution in [0.4, 0.5) is 5.69 Å². The van der Waals surface area contributed by atoms with Crippen molar-refractivity contribution in [2.24, 2.45) is 0 Å². The molecule has 1 atom stereocenters. The minimum absolute atomic E-state index is 0.372. The molecular weight excluding hydrogens is 258 g/mol. The molecule has 0 spiro atoms. The number of rotatable bonds is 2. The number of carboxylic acid groups (broad SMARTS) is 1. The van der Waals surface area contributed by atoms with Gasteiger partial charge in [0.2, 0.25) is 0 Å². The number of aliphatic carboxylic acids is 1. The van der Waals surface area contributed by atoms with E-state index in [4.69, 9.17) is 5.11 Å². The molecular formula is C11H12BrNO2. The average molecular weight is 270 g/mol. The quantitative estimate of drug-likeness (QED) is 0.897. The van der Waals surface area contributed by atoms with E-state index >= 15 is 0 Å². The first-order chi connectivity index (χ1) is 7.20. The summed E-state index contributed by atoms with van der Waals surface area (Å²) in [5, 5.41) is 9.08. The Kier molecular flexibility index (Phi) is 2.95. The molecule has 1 fully saturated rings. The fraction of sp³-hybridized carbons (Fsp3) is 0.364. The van der Waals surface area contributed by atoms with Crippen LogP contribution in [0.15, 0.2) is 28.7 Å². The second-order valence-electron chi connectivity index (χ2n) is 3.64. The summed E-state index contributed by atoms with van der Waals surface area (Å²) in [6, 6.07) is 7.37. The largest absolute Gasteiger partial charge is 0.480 e. The van der Waals surface area contributed by atoms with Gasteiger partial charge in [-0.3, -0.25) is 0 Å². The van der Waals surface area contributed by atoms with Crippen molar-refractivity contribution >= 4 is 27.6 Å². The van der Waals surface area contributed by atoms with Crippen LogP contribution < -0.4 is 4.90 Å². The predicted octanol–water partition coefficient (Wildman–Crippen LogP) is 2.50. The highest BCUT2D eigenvalue weighted by molar-refractivity contribution is 9.10. The number of para-hydroxylation sites is 1. The van der Waals surface area contributed by atoms with Gasteiger partial charge < -0.3 is 10.0 Å². The molecule has 1 aromatic rings. The van der Waals surface area contributed by atoms with Gasteiger partial charge in [0.15, 0.2) is 0 Å². The maximum Gasteiger partial charge on any atom is 0.326 e. The lowest BCUT2D eigenvalue weighted by Gasteiger charge is -2.24. The van der Waals surface area contributed by atoms with E-state index in [-0.39, 0.29) is 6.04 Å². The summed E-state index contributed by atoms with van der Waals surface area (Å²) >= 11 is 3.45. The van der Waals surface area contributed by atoms with E-state index in [0.29, 0.717) is 0 Å². The molecule has 1 heterocycles. The summed E-state index contributed by atoms with van der Waals surface area (Å²) in [4.78, 5) is 13.0. The van der Waals surface area contributed by atoms with Gasteiger partial charge in [-0.1, -0.05) is 12.1 Å². The third-order valence-corrected chi connectivity index (χ3v) is 3.37. The molecule has 1 unspecified atom stereocenters. The van der Waals surface area contributed by atoms with Crippen molar-refractivity contribution < 1.29 is 9.90 Å². The molecule has 3 nitrogen and oxygen atoms in total. The molecule has 1 aromatic carbocycles. The van der Waals surface area contributed by atoms with Gasteiger partial charge in [-0.05, 0) is 40.9 Å². The summed E-state index contributed by atoms with van der Waals surface area (Å²) in [6.07, 6.45) is 1.68. The zero-order chi connectivity index (χ0) is 10.8. The number of benzene rings is 1. The molecule has 80 valence electrons. The van der Waals surface area contributed by atoms with Crippen molar-refractivity contribution in [3.63, 3.8) is 0 Å². The number of carbonyl (C=O) groups is 1. The molecule has 0 aromatic heterocycles. The van der Waals surface area contributed by atoms with Crippen molar-refractivity contribution in [1.29, 1.82) is 0 Å². The van der Waals surface area contributed by atoms with E-state index in [0.717, 1.165) is 29.5 Å². The molecule has 15 heavy (non-hydrogen) atoms. The highest BCUT2D eigenvalue weighted by Crippen LogP contribution is 2.31. The van der Waals surface area contributed by atoms with Gasteiger partial charge in [0, 0.05) is 11.0 Å². The topological polar surface area (TPSA) is 40.5 Å². The van der Waals surface area contributed by atoms with Crippen molar-refractivity contribution in [2.45, 2.75) is 18.9 Å². The molecule has 1 aliphatic rings. The fourth-order valence-electron chi connectivity index (χ4n) is 2.00. The number of hydrogen-bond donors (Lipinski definition) is 1. The Hall–Kier alpha value is -1.03. The smallest absolute Gasteiger partial charge is 0.326 e. The van der Waals surface area contributed by atoms with E-state index in [1.807, 2.05) is 29.2 Å². The van der Waals surface area contributed by atoms with Crippen molar-refractivity contribution in [2.75, 3.05) is 11.4 Å². The van der Waals surface area contributed by atoms with Crippen LogP contribution in [0, 0.1) is 0 Å². The number of nitrogens with zero attached hydrogens (tertiary/aromatic N) is 1. The molecule has 1 aliphatic heterocycles. The van der Waals surface area contributed by atoms with Crippen LogP contribution in [-0.2, 0) is 4.79 Å². The van der Waals surface area contributed by atoms with Gasteiger partial charge in [-0.25, -0.2) is 4.79 Å². The van der Waals surface area contributed by atoms with Gasteiger partial charge in [0.05, 0.1) is 5.69 Å². The minimum Gasteiger partial charge on any atom is -0.480 e. The van der Waals surface area contributed by atoms with Crippen LogP contribution in [0.3, 0.4) is 0 Å². The fourth-order valence-corrected chi connectivity index (χ4v) is 2.51. The van der Waals surface area contributed by atoms with E-state index in [2.05, 4.69) is 15.9 Å². The van der Waals surface area contributed by atoms with Crippen molar-refractivity contribution in [1.82, 2.24) is 0 Å². The molecule has 0 saturated carbocycles. The Labute approximate surface area is 96.8 Å². The normalized spacial score (nSPS) is 20.6. The van der Waals surface area contributed by atoms with Crippen LogP contribution in [0.5, 0.6) is 0 Å². The number of anilines is 1. The molecule has 1 N–H and O–H groups in total. The Morgan fingerprint density at radius 1 is 1.47 bits per heavy atom. The Morgan fingerprint density at radius 3 is 2.87 bits per heavy atom. The minimum atomic E-state index is -0.733. The van der Waals surface area contributed by atoms with E-state index in [9.17, 15) is 4.79 Å². The predicted molar refractivity (Wildman–Crippen MR) is 62.1 cm³/mol. The van der Waals surface area contributed by atoms with Crippen molar-refractivity contribution in [3.8, 4) is 0 Å². The number of carboxylic acids is 1. The molecule has 2 rings (SSSR count). The second-order valence-corrected chi connectivity index (χ2v) is 4.50. The van der Waals surface area contributed by atoms with E-state index < -0.39 is 5.97 Å². The van der Waals surface area contributed by atoms with Crippen LogP contribution in [0.2, 0.25) is 0 Å². The first-order valence-corrected chi connectivity index (χ1v) is 5.73. The molecule has 0 radical (unpaired) electrons. The van der Waals surface area contributed by atoms with Gasteiger partial charge in [0.1, 0.15) is 6.04 Å².